The molecule has 4 nitrogen and oxygen atoms in total. The Morgan fingerprint density at radius 3 is 2.38 bits per heavy atom. The summed E-state index contributed by atoms with van der Waals surface area (Å²) in [7, 11) is 1.62. The van der Waals surface area contributed by atoms with E-state index in [1.165, 1.54) is 12.8 Å². The molecule has 1 rings (SSSR count). The summed E-state index contributed by atoms with van der Waals surface area (Å²) in [4.78, 5) is 11.8. The lowest BCUT2D eigenvalue weighted by Gasteiger charge is -2.14. The van der Waals surface area contributed by atoms with Crippen LogP contribution in [-0.4, -0.2) is 25.6 Å². The van der Waals surface area contributed by atoms with Crippen LogP contribution in [0.1, 0.15) is 40.0 Å². The Balaban J connectivity index is 2.23. The second-order valence-electron chi connectivity index (χ2n) is 5.88. The van der Waals surface area contributed by atoms with Gasteiger partial charge < -0.3 is 15.4 Å². The molecule has 0 aliphatic carbocycles. The van der Waals surface area contributed by atoms with Gasteiger partial charge >= 0.3 is 0 Å². The van der Waals surface area contributed by atoms with E-state index < -0.39 is 0 Å². The molecule has 2 N–H and O–H groups in total. The molecule has 0 heterocycles. The van der Waals surface area contributed by atoms with Crippen LogP contribution < -0.4 is 15.4 Å². The van der Waals surface area contributed by atoms with E-state index in [9.17, 15) is 4.79 Å². The zero-order valence-electron chi connectivity index (χ0n) is 13.6. The lowest BCUT2D eigenvalue weighted by atomic mass is 10.0. The van der Waals surface area contributed by atoms with Gasteiger partial charge in [0.05, 0.1) is 13.7 Å². The molecule has 4 heteroatoms. The SMILES string of the molecule is COc1ccc(NC(=O)CNC(C)CCCC(C)C)cc1. The number of carbonyl (C=O) groups excluding carboxylic acids is 1. The maximum atomic E-state index is 11.8. The van der Waals surface area contributed by atoms with Crippen molar-refractivity contribution >= 4 is 11.6 Å². The minimum atomic E-state index is -0.0177. The minimum absolute atomic E-state index is 0.0177. The fourth-order valence-electron chi connectivity index (χ4n) is 2.08. The van der Waals surface area contributed by atoms with Crippen LogP contribution in [0.15, 0.2) is 24.3 Å². The Bertz CT molecular complexity index is 415. The van der Waals surface area contributed by atoms with Crippen LogP contribution in [-0.2, 0) is 4.79 Å². The summed E-state index contributed by atoms with van der Waals surface area (Å²) in [6, 6.07) is 7.70. The third-order valence-electron chi connectivity index (χ3n) is 3.40. The van der Waals surface area contributed by atoms with Crippen LogP contribution >= 0.6 is 0 Å². The lowest BCUT2D eigenvalue weighted by Crippen LogP contribution is -2.34. The van der Waals surface area contributed by atoms with Crippen LogP contribution in [0.2, 0.25) is 0 Å². The first kappa shape index (κ1) is 17.5. The number of anilines is 1. The largest absolute Gasteiger partial charge is 0.497 e. The molecule has 0 saturated heterocycles. The number of methoxy groups -OCH3 is 1. The van der Waals surface area contributed by atoms with Gasteiger partial charge in [0.15, 0.2) is 0 Å². The van der Waals surface area contributed by atoms with Gasteiger partial charge in [-0.15, -0.1) is 0 Å². The molecular formula is C17H28N2O2. The fraction of sp³-hybridized carbons (Fsp3) is 0.588. The Hall–Kier alpha value is -1.55. The van der Waals surface area contributed by atoms with E-state index in [0.29, 0.717) is 12.6 Å². The summed E-state index contributed by atoms with van der Waals surface area (Å²) in [5.41, 5.74) is 0.787. The highest BCUT2D eigenvalue weighted by Gasteiger charge is 2.06. The normalized spacial score (nSPS) is 12.2. The number of benzene rings is 1. The predicted octanol–water partition coefficient (Wildman–Crippen LogP) is 3.44. The molecule has 1 aromatic rings. The van der Waals surface area contributed by atoms with Crippen molar-refractivity contribution in [1.82, 2.24) is 5.32 Å². The van der Waals surface area contributed by atoms with E-state index >= 15 is 0 Å². The third kappa shape index (κ3) is 7.71. The Kier molecular flexibility index (Phi) is 7.83. The molecule has 1 amide bonds. The first-order valence-corrected chi connectivity index (χ1v) is 7.68. The van der Waals surface area contributed by atoms with Gasteiger partial charge in [-0.2, -0.15) is 0 Å². The van der Waals surface area contributed by atoms with E-state index in [1.807, 2.05) is 24.3 Å². The summed E-state index contributed by atoms with van der Waals surface area (Å²) in [6.07, 6.45) is 3.55. The van der Waals surface area contributed by atoms with E-state index in [0.717, 1.165) is 23.8 Å². The summed E-state index contributed by atoms with van der Waals surface area (Å²) in [5, 5.41) is 6.13. The monoisotopic (exact) mass is 292 g/mol. The van der Waals surface area contributed by atoms with Gasteiger partial charge in [-0.1, -0.05) is 26.7 Å². The summed E-state index contributed by atoms with van der Waals surface area (Å²) in [6.45, 7) is 6.94. The van der Waals surface area contributed by atoms with Crippen LogP contribution in [0.3, 0.4) is 0 Å². The second-order valence-corrected chi connectivity index (χ2v) is 5.88. The molecule has 1 aromatic carbocycles. The van der Waals surface area contributed by atoms with Crippen LogP contribution in [0, 0.1) is 5.92 Å². The lowest BCUT2D eigenvalue weighted by molar-refractivity contribution is -0.115. The standard InChI is InChI=1S/C17H28N2O2/c1-13(2)6-5-7-14(3)18-12-17(20)19-15-8-10-16(21-4)11-9-15/h8-11,13-14,18H,5-7,12H2,1-4H3,(H,19,20). The van der Waals surface area contributed by atoms with E-state index in [1.54, 1.807) is 7.11 Å². The van der Waals surface area contributed by atoms with E-state index in [4.69, 9.17) is 4.74 Å². The van der Waals surface area contributed by atoms with Crippen molar-refractivity contribution in [3.63, 3.8) is 0 Å². The number of nitrogens with one attached hydrogen (secondary N) is 2. The highest BCUT2D eigenvalue weighted by Crippen LogP contribution is 2.14. The van der Waals surface area contributed by atoms with Crippen molar-refractivity contribution in [2.45, 2.75) is 46.1 Å². The van der Waals surface area contributed by atoms with Crippen LogP contribution in [0.25, 0.3) is 0 Å². The molecule has 0 aliphatic rings. The first-order valence-electron chi connectivity index (χ1n) is 7.68. The number of ether oxygens (including phenoxy) is 1. The van der Waals surface area contributed by atoms with Crippen molar-refractivity contribution in [2.24, 2.45) is 5.92 Å². The van der Waals surface area contributed by atoms with Crippen LogP contribution in [0.5, 0.6) is 5.75 Å². The van der Waals surface area contributed by atoms with Gasteiger partial charge in [0.2, 0.25) is 5.91 Å². The minimum Gasteiger partial charge on any atom is -0.497 e. The van der Waals surface area contributed by atoms with E-state index in [-0.39, 0.29) is 5.91 Å². The molecule has 0 bridgehead atoms. The molecule has 0 spiro atoms. The van der Waals surface area contributed by atoms with Gasteiger partial charge in [0.1, 0.15) is 5.75 Å². The Labute approximate surface area is 128 Å². The molecule has 0 radical (unpaired) electrons. The van der Waals surface area contributed by atoms with Crippen molar-refractivity contribution in [2.75, 3.05) is 19.0 Å². The first-order chi connectivity index (χ1) is 10.0. The number of hydrogen-bond acceptors (Lipinski definition) is 3. The number of amides is 1. The predicted molar refractivity (Wildman–Crippen MR) is 87.8 cm³/mol. The van der Waals surface area contributed by atoms with Gasteiger partial charge in [0, 0.05) is 11.7 Å². The second kappa shape index (κ2) is 9.40. The van der Waals surface area contributed by atoms with Gasteiger partial charge in [0.25, 0.3) is 0 Å². The summed E-state index contributed by atoms with van der Waals surface area (Å²) in [5.74, 6) is 1.51. The van der Waals surface area contributed by atoms with Crippen molar-refractivity contribution in [3.05, 3.63) is 24.3 Å². The molecule has 0 saturated carbocycles. The zero-order chi connectivity index (χ0) is 15.7. The maximum absolute atomic E-state index is 11.8. The number of rotatable bonds is 9. The highest BCUT2D eigenvalue weighted by atomic mass is 16.5. The average molecular weight is 292 g/mol. The number of hydrogen-bond donors (Lipinski definition) is 2. The Morgan fingerprint density at radius 1 is 1.14 bits per heavy atom. The topological polar surface area (TPSA) is 50.4 Å². The van der Waals surface area contributed by atoms with Gasteiger partial charge in [-0.25, -0.2) is 0 Å². The third-order valence-corrected chi connectivity index (χ3v) is 3.40. The van der Waals surface area contributed by atoms with Crippen LogP contribution in [0.4, 0.5) is 5.69 Å². The molecular weight excluding hydrogens is 264 g/mol. The molecule has 1 atom stereocenters. The summed E-state index contributed by atoms with van der Waals surface area (Å²) < 4.78 is 5.08. The molecule has 0 aromatic heterocycles. The molecule has 21 heavy (non-hydrogen) atoms. The zero-order valence-corrected chi connectivity index (χ0v) is 13.6. The molecule has 0 aliphatic heterocycles. The fourth-order valence-corrected chi connectivity index (χ4v) is 2.08. The Morgan fingerprint density at radius 2 is 1.81 bits per heavy atom. The maximum Gasteiger partial charge on any atom is 0.238 e. The highest BCUT2D eigenvalue weighted by molar-refractivity contribution is 5.92. The average Bonchev–Trinajstić information content (AvgIpc) is 2.45. The van der Waals surface area contributed by atoms with Crippen molar-refractivity contribution < 1.29 is 9.53 Å². The smallest absolute Gasteiger partial charge is 0.238 e. The molecule has 118 valence electrons. The van der Waals surface area contributed by atoms with Gasteiger partial charge in [-0.3, -0.25) is 4.79 Å². The molecule has 1 unspecified atom stereocenters. The van der Waals surface area contributed by atoms with Crippen molar-refractivity contribution in [1.29, 1.82) is 0 Å². The quantitative estimate of drug-likeness (QED) is 0.733. The number of carbonyl (C=O) groups is 1. The van der Waals surface area contributed by atoms with Crippen molar-refractivity contribution in [3.8, 4) is 5.75 Å². The van der Waals surface area contributed by atoms with E-state index in [2.05, 4.69) is 31.4 Å². The van der Waals surface area contributed by atoms with Gasteiger partial charge in [-0.05, 0) is 43.5 Å². The summed E-state index contributed by atoms with van der Waals surface area (Å²) >= 11 is 0. The molecule has 0 fully saturated rings.